The summed E-state index contributed by atoms with van der Waals surface area (Å²) < 4.78 is 5.72. The van der Waals surface area contributed by atoms with E-state index in [2.05, 4.69) is 15.6 Å². The second-order valence-electron chi connectivity index (χ2n) is 4.93. The number of carbonyl (C=O) groups excluding carboxylic acids is 1. The summed E-state index contributed by atoms with van der Waals surface area (Å²) in [5.74, 6) is 1.25. The number of aromatic nitrogens is 1. The molecule has 1 aromatic heterocycles. The van der Waals surface area contributed by atoms with Gasteiger partial charge < -0.3 is 15.1 Å². The van der Waals surface area contributed by atoms with Gasteiger partial charge >= 0.3 is 0 Å². The second kappa shape index (κ2) is 7.59. The Morgan fingerprint density at radius 2 is 2.10 bits per heavy atom. The fraction of sp³-hybridized carbons (Fsp3) is 0.375. The van der Waals surface area contributed by atoms with Gasteiger partial charge in [0.05, 0.1) is 6.20 Å². The molecule has 0 saturated carbocycles. The van der Waals surface area contributed by atoms with E-state index >= 15 is 0 Å². The van der Waals surface area contributed by atoms with Crippen LogP contribution in [0.5, 0.6) is 0 Å². The maximum Gasteiger partial charge on any atom is 0.220 e. The van der Waals surface area contributed by atoms with Crippen LogP contribution in [-0.2, 0) is 4.79 Å². The van der Waals surface area contributed by atoms with Gasteiger partial charge in [0.25, 0.3) is 0 Å². The van der Waals surface area contributed by atoms with Crippen LogP contribution in [0.1, 0.15) is 31.7 Å². The molecule has 0 saturated heterocycles. The highest BCUT2D eigenvalue weighted by Gasteiger charge is 2.15. The average Bonchev–Trinajstić information content (AvgIpc) is 2.98. The fourth-order valence-corrected chi connectivity index (χ4v) is 2.02. The van der Waals surface area contributed by atoms with E-state index in [0.29, 0.717) is 18.1 Å². The van der Waals surface area contributed by atoms with Crippen molar-refractivity contribution < 1.29 is 9.21 Å². The predicted molar refractivity (Wildman–Crippen MR) is 81.7 cm³/mol. The number of amides is 1. The summed E-state index contributed by atoms with van der Waals surface area (Å²) in [7, 11) is 1.87. The van der Waals surface area contributed by atoms with Gasteiger partial charge in [0.2, 0.25) is 11.8 Å². The number of carbonyl (C=O) groups is 1. The van der Waals surface area contributed by atoms with Crippen LogP contribution in [0.4, 0.5) is 0 Å². The maximum absolute atomic E-state index is 11.8. The first-order valence-electron chi connectivity index (χ1n) is 7.16. The van der Waals surface area contributed by atoms with Crippen LogP contribution in [0.2, 0.25) is 0 Å². The van der Waals surface area contributed by atoms with E-state index in [9.17, 15) is 4.79 Å². The molecule has 1 amide bonds. The van der Waals surface area contributed by atoms with Crippen molar-refractivity contribution >= 4 is 5.91 Å². The van der Waals surface area contributed by atoms with Gasteiger partial charge in [-0.1, -0.05) is 30.3 Å². The molecule has 5 heteroatoms. The van der Waals surface area contributed by atoms with Crippen LogP contribution in [0.15, 0.2) is 40.9 Å². The Kier molecular flexibility index (Phi) is 5.51. The Bertz CT molecular complexity index is 566. The third kappa shape index (κ3) is 4.43. The quantitative estimate of drug-likeness (QED) is 0.768. The number of nitrogens with zero attached hydrogens (tertiary/aromatic N) is 1. The molecule has 2 N–H and O–H groups in total. The van der Waals surface area contributed by atoms with E-state index in [4.69, 9.17) is 4.42 Å². The minimum absolute atomic E-state index is 0.0113. The summed E-state index contributed by atoms with van der Waals surface area (Å²) >= 11 is 0. The lowest BCUT2D eigenvalue weighted by Gasteiger charge is -2.10. The van der Waals surface area contributed by atoms with Crippen molar-refractivity contribution in [1.29, 1.82) is 0 Å². The van der Waals surface area contributed by atoms with Crippen molar-refractivity contribution in [3.05, 3.63) is 42.4 Å². The zero-order chi connectivity index (χ0) is 15.1. The molecule has 5 nitrogen and oxygen atoms in total. The average molecular weight is 287 g/mol. The first-order chi connectivity index (χ1) is 10.2. The van der Waals surface area contributed by atoms with E-state index in [0.717, 1.165) is 18.5 Å². The van der Waals surface area contributed by atoms with Crippen molar-refractivity contribution in [1.82, 2.24) is 15.6 Å². The number of benzene rings is 1. The number of hydrogen-bond acceptors (Lipinski definition) is 4. The van der Waals surface area contributed by atoms with Gasteiger partial charge in [-0.15, -0.1) is 0 Å². The van der Waals surface area contributed by atoms with Crippen LogP contribution in [0.3, 0.4) is 0 Å². The zero-order valence-electron chi connectivity index (χ0n) is 12.4. The number of rotatable bonds is 7. The highest BCUT2D eigenvalue weighted by atomic mass is 16.4. The van der Waals surface area contributed by atoms with Gasteiger partial charge in [0.1, 0.15) is 6.04 Å². The molecule has 1 unspecified atom stereocenters. The summed E-state index contributed by atoms with van der Waals surface area (Å²) in [4.78, 5) is 16.0. The first-order valence-corrected chi connectivity index (χ1v) is 7.16. The maximum atomic E-state index is 11.8. The Labute approximate surface area is 124 Å². The monoisotopic (exact) mass is 287 g/mol. The minimum Gasteiger partial charge on any atom is -0.438 e. The zero-order valence-corrected chi connectivity index (χ0v) is 12.4. The summed E-state index contributed by atoms with van der Waals surface area (Å²) in [5, 5.41) is 5.92. The Morgan fingerprint density at radius 1 is 1.33 bits per heavy atom. The molecule has 1 heterocycles. The van der Waals surface area contributed by atoms with E-state index in [-0.39, 0.29) is 11.9 Å². The molecule has 0 aliphatic rings. The lowest BCUT2D eigenvalue weighted by molar-refractivity contribution is -0.121. The summed E-state index contributed by atoms with van der Waals surface area (Å²) in [6.45, 7) is 2.70. The Hall–Kier alpha value is -2.14. The van der Waals surface area contributed by atoms with E-state index in [1.165, 1.54) is 0 Å². The smallest absolute Gasteiger partial charge is 0.220 e. The van der Waals surface area contributed by atoms with Crippen molar-refractivity contribution in [2.45, 2.75) is 25.8 Å². The molecule has 0 radical (unpaired) electrons. The molecule has 0 spiro atoms. The Balaban J connectivity index is 1.93. The van der Waals surface area contributed by atoms with E-state index in [1.807, 2.05) is 44.3 Å². The molecule has 0 aliphatic carbocycles. The van der Waals surface area contributed by atoms with Crippen molar-refractivity contribution in [3.8, 4) is 11.3 Å². The summed E-state index contributed by atoms with van der Waals surface area (Å²) in [5.41, 5.74) is 0.976. The molecular formula is C16H21N3O2. The van der Waals surface area contributed by atoms with Gasteiger partial charge in [0.15, 0.2) is 5.76 Å². The molecule has 2 aromatic rings. The lowest BCUT2D eigenvalue weighted by atomic mass is 10.2. The highest BCUT2D eigenvalue weighted by molar-refractivity contribution is 5.76. The molecule has 2 rings (SSSR count). The molecular weight excluding hydrogens is 266 g/mol. The van der Waals surface area contributed by atoms with Crippen LogP contribution in [0, 0.1) is 0 Å². The first kappa shape index (κ1) is 15.3. The van der Waals surface area contributed by atoms with E-state index in [1.54, 1.807) is 6.20 Å². The Morgan fingerprint density at radius 3 is 2.81 bits per heavy atom. The van der Waals surface area contributed by atoms with Gasteiger partial charge in [-0.2, -0.15) is 0 Å². The molecule has 112 valence electrons. The third-order valence-electron chi connectivity index (χ3n) is 3.16. The normalized spacial score (nSPS) is 12.1. The molecule has 21 heavy (non-hydrogen) atoms. The number of oxazole rings is 1. The van der Waals surface area contributed by atoms with Gasteiger partial charge in [-0.25, -0.2) is 4.98 Å². The minimum atomic E-state index is -0.232. The SMILES string of the molecule is CNCCCC(=O)NC(C)c1ncc(-c2ccccc2)o1. The molecule has 0 aliphatic heterocycles. The van der Waals surface area contributed by atoms with Crippen LogP contribution >= 0.6 is 0 Å². The third-order valence-corrected chi connectivity index (χ3v) is 3.16. The lowest BCUT2D eigenvalue weighted by Crippen LogP contribution is -2.27. The van der Waals surface area contributed by atoms with Crippen LogP contribution in [0.25, 0.3) is 11.3 Å². The van der Waals surface area contributed by atoms with Crippen molar-refractivity contribution in [2.75, 3.05) is 13.6 Å². The number of hydrogen-bond donors (Lipinski definition) is 2. The predicted octanol–water partition coefficient (Wildman–Crippen LogP) is 2.52. The molecule has 1 aromatic carbocycles. The van der Waals surface area contributed by atoms with Crippen LogP contribution in [-0.4, -0.2) is 24.5 Å². The second-order valence-corrected chi connectivity index (χ2v) is 4.93. The van der Waals surface area contributed by atoms with Crippen molar-refractivity contribution in [2.24, 2.45) is 0 Å². The molecule has 0 fully saturated rings. The fourth-order valence-electron chi connectivity index (χ4n) is 2.02. The molecule has 0 bridgehead atoms. The summed E-state index contributed by atoms with van der Waals surface area (Å²) in [6, 6.07) is 9.55. The van der Waals surface area contributed by atoms with Gasteiger partial charge in [0, 0.05) is 12.0 Å². The highest BCUT2D eigenvalue weighted by Crippen LogP contribution is 2.22. The van der Waals surface area contributed by atoms with Crippen LogP contribution < -0.4 is 10.6 Å². The van der Waals surface area contributed by atoms with Gasteiger partial charge in [-0.3, -0.25) is 4.79 Å². The topological polar surface area (TPSA) is 67.2 Å². The largest absolute Gasteiger partial charge is 0.438 e. The van der Waals surface area contributed by atoms with Gasteiger partial charge in [-0.05, 0) is 26.9 Å². The van der Waals surface area contributed by atoms with E-state index < -0.39 is 0 Å². The summed E-state index contributed by atoms with van der Waals surface area (Å²) in [6.07, 6.45) is 3.00. The standard InChI is InChI=1S/C16H21N3O2/c1-12(19-15(20)9-6-10-17-2)16-18-11-14(21-16)13-7-4-3-5-8-13/h3-5,7-8,11-12,17H,6,9-10H2,1-2H3,(H,19,20). The molecule has 1 atom stereocenters. The van der Waals surface area contributed by atoms with Crippen molar-refractivity contribution in [3.63, 3.8) is 0 Å². The number of nitrogens with one attached hydrogen (secondary N) is 2.